The van der Waals surface area contributed by atoms with Crippen LogP contribution in [0.25, 0.3) is 0 Å². The van der Waals surface area contributed by atoms with E-state index in [1.807, 2.05) is 91.0 Å². The Morgan fingerprint density at radius 2 is 1.26 bits per heavy atom. The number of nitrogens with one attached hydrogen (secondary N) is 1. The Morgan fingerprint density at radius 3 is 1.77 bits per heavy atom. The van der Waals surface area contributed by atoms with Crippen LogP contribution in [0.15, 0.2) is 103 Å². The minimum absolute atomic E-state index is 0.0371. The average molecular weight is 530 g/mol. The molecule has 1 N–H and O–H groups in total. The third-order valence-electron chi connectivity index (χ3n) is 6.42. The van der Waals surface area contributed by atoms with Gasteiger partial charge in [-0.15, -0.1) is 0 Å². The van der Waals surface area contributed by atoms with Crippen LogP contribution < -0.4 is 5.32 Å². The van der Waals surface area contributed by atoms with E-state index >= 15 is 0 Å². The van der Waals surface area contributed by atoms with Gasteiger partial charge in [0.25, 0.3) is 0 Å². The molecule has 204 valence electrons. The predicted octanol–water partition coefficient (Wildman–Crippen LogP) is 4.75. The van der Waals surface area contributed by atoms with Crippen LogP contribution in [-0.4, -0.2) is 42.3 Å². The second-order valence-electron chi connectivity index (χ2n) is 9.59. The molecule has 1 aliphatic rings. The first-order valence-electron chi connectivity index (χ1n) is 13.0. The second-order valence-corrected chi connectivity index (χ2v) is 9.59. The standard InChI is InChI=1S/C32H35NO6/c1-24(34)33-29-18-19-32(39-25(2)35,23-36-20-26-12-6-3-7-13-26)31(38-22-28-16-10-5-11-17-28)30(29)37-21-27-14-8-4-9-15-27/h3-19,29-31H,20-23H2,1-2H3,(H,33,34)/t29-,30+,31-,32+/m0/s1. The van der Waals surface area contributed by atoms with Crippen molar-refractivity contribution < 1.29 is 28.5 Å². The van der Waals surface area contributed by atoms with Crippen LogP contribution in [0.3, 0.4) is 0 Å². The van der Waals surface area contributed by atoms with Crippen LogP contribution in [0, 0.1) is 0 Å². The van der Waals surface area contributed by atoms with Crippen molar-refractivity contribution >= 4 is 11.9 Å². The van der Waals surface area contributed by atoms with Crippen LogP contribution >= 0.6 is 0 Å². The summed E-state index contributed by atoms with van der Waals surface area (Å²) >= 11 is 0. The Morgan fingerprint density at radius 1 is 0.744 bits per heavy atom. The van der Waals surface area contributed by atoms with E-state index in [-0.39, 0.29) is 25.7 Å². The van der Waals surface area contributed by atoms with E-state index in [0.29, 0.717) is 6.61 Å². The molecule has 4 rings (SSSR count). The van der Waals surface area contributed by atoms with Crippen molar-refractivity contribution in [1.82, 2.24) is 5.32 Å². The van der Waals surface area contributed by atoms with Crippen molar-refractivity contribution in [1.29, 1.82) is 0 Å². The van der Waals surface area contributed by atoms with Gasteiger partial charge in [0.05, 0.1) is 32.5 Å². The molecule has 0 unspecified atom stereocenters. The summed E-state index contributed by atoms with van der Waals surface area (Å²) in [5.74, 6) is -0.684. The van der Waals surface area contributed by atoms with Gasteiger partial charge in [0.1, 0.15) is 12.2 Å². The number of amides is 1. The van der Waals surface area contributed by atoms with Gasteiger partial charge in [-0.05, 0) is 22.8 Å². The Hall–Kier alpha value is -3.78. The Bertz CT molecular complexity index is 1220. The summed E-state index contributed by atoms with van der Waals surface area (Å²) in [6.45, 7) is 3.71. The van der Waals surface area contributed by atoms with Crippen molar-refractivity contribution in [3.8, 4) is 0 Å². The van der Waals surface area contributed by atoms with Crippen LogP contribution in [0.5, 0.6) is 0 Å². The summed E-state index contributed by atoms with van der Waals surface area (Å²) in [4.78, 5) is 24.6. The zero-order chi connectivity index (χ0) is 27.5. The highest BCUT2D eigenvalue weighted by Crippen LogP contribution is 2.34. The lowest BCUT2D eigenvalue weighted by atomic mass is 9.83. The first kappa shape index (κ1) is 28.2. The third-order valence-corrected chi connectivity index (χ3v) is 6.42. The Labute approximate surface area is 229 Å². The van der Waals surface area contributed by atoms with Gasteiger partial charge in [-0.2, -0.15) is 0 Å². The summed E-state index contributed by atoms with van der Waals surface area (Å²) in [6, 6.07) is 28.7. The molecule has 0 saturated heterocycles. The molecule has 7 nitrogen and oxygen atoms in total. The maximum Gasteiger partial charge on any atom is 0.303 e. The van der Waals surface area contributed by atoms with E-state index in [1.165, 1.54) is 13.8 Å². The predicted molar refractivity (Wildman–Crippen MR) is 147 cm³/mol. The van der Waals surface area contributed by atoms with E-state index in [1.54, 1.807) is 12.2 Å². The van der Waals surface area contributed by atoms with Gasteiger partial charge in [-0.1, -0.05) is 97.1 Å². The second kappa shape index (κ2) is 13.8. The van der Waals surface area contributed by atoms with Crippen molar-refractivity contribution in [3.05, 3.63) is 120 Å². The lowest BCUT2D eigenvalue weighted by Crippen LogP contribution is -2.63. The van der Waals surface area contributed by atoms with Gasteiger partial charge >= 0.3 is 5.97 Å². The molecule has 39 heavy (non-hydrogen) atoms. The molecule has 0 radical (unpaired) electrons. The Kier molecular flexibility index (Phi) is 10.0. The molecule has 1 amide bonds. The van der Waals surface area contributed by atoms with Crippen LogP contribution in [0.2, 0.25) is 0 Å². The van der Waals surface area contributed by atoms with Crippen molar-refractivity contribution in [2.75, 3.05) is 6.61 Å². The molecule has 0 aromatic heterocycles. The highest BCUT2D eigenvalue weighted by Gasteiger charge is 2.51. The number of rotatable bonds is 12. The van der Waals surface area contributed by atoms with Gasteiger partial charge in [0.2, 0.25) is 5.91 Å². The molecule has 1 aliphatic carbocycles. The Balaban J connectivity index is 1.66. The van der Waals surface area contributed by atoms with Gasteiger partial charge < -0.3 is 24.3 Å². The summed E-state index contributed by atoms with van der Waals surface area (Å²) in [6.07, 6.45) is 2.09. The van der Waals surface area contributed by atoms with E-state index < -0.39 is 29.8 Å². The molecule has 0 aliphatic heterocycles. The maximum absolute atomic E-state index is 12.4. The first-order chi connectivity index (χ1) is 18.9. The highest BCUT2D eigenvalue weighted by atomic mass is 16.6. The summed E-state index contributed by atoms with van der Waals surface area (Å²) in [5.41, 5.74) is 1.62. The third kappa shape index (κ3) is 8.10. The molecule has 3 aromatic carbocycles. The minimum atomic E-state index is -1.29. The van der Waals surface area contributed by atoms with Crippen molar-refractivity contribution in [2.45, 2.75) is 57.5 Å². The number of esters is 1. The smallest absolute Gasteiger partial charge is 0.303 e. The molecule has 7 heteroatoms. The summed E-state index contributed by atoms with van der Waals surface area (Å²) in [5, 5.41) is 2.96. The van der Waals surface area contributed by atoms with Gasteiger partial charge in [-0.25, -0.2) is 0 Å². The topological polar surface area (TPSA) is 83.1 Å². The quantitative estimate of drug-likeness (QED) is 0.269. The molecule has 0 fully saturated rings. The molecule has 0 saturated carbocycles. The number of carbonyl (C=O) groups is 2. The fourth-order valence-electron chi connectivity index (χ4n) is 4.68. The van der Waals surface area contributed by atoms with Crippen molar-refractivity contribution in [3.63, 3.8) is 0 Å². The molecular weight excluding hydrogens is 494 g/mol. The lowest BCUT2D eigenvalue weighted by Gasteiger charge is -2.46. The summed E-state index contributed by atoms with van der Waals surface area (Å²) < 4.78 is 25.1. The van der Waals surface area contributed by atoms with Gasteiger partial charge in [0.15, 0.2) is 5.60 Å². The molecule has 0 spiro atoms. The average Bonchev–Trinajstić information content (AvgIpc) is 2.93. The summed E-state index contributed by atoms with van der Waals surface area (Å²) in [7, 11) is 0. The zero-order valence-electron chi connectivity index (χ0n) is 22.3. The number of hydrogen-bond acceptors (Lipinski definition) is 6. The fourth-order valence-corrected chi connectivity index (χ4v) is 4.68. The van der Waals surface area contributed by atoms with Crippen LogP contribution in [-0.2, 0) is 48.4 Å². The molecule has 4 atom stereocenters. The maximum atomic E-state index is 12.4. The monoisotopic (exact) mass is 529 g/mol. The number of benzene rings is 3. The van der Waals surface area contributed by atoms with Gasteiger partial charge in [0, 0.05) is 13.8 Å². The molecule has 0 heterocycles. The fraction of sp³-hybridized carbons (Fsp3) is 0.312. The van der Waals surface area contributed by atoms with Crippen LogP contribution in [0.4, 0.5) is 0 Å². The van der Waals surface area contributed by atoms with E-state index in [4.69, 9.17) is 18.9 Å². The molecular formula is C32H35NO6. The number of ether oxygens (including phenoxy) is 4. The number of carbonyl (C=O) groups excluding carboxylic acids is 2. The number of hydrogen-bond donors (Lipinski definition) is 1. The molecule has 3 aromatic rings. The van der Waals surface area contributed by atoms with E-state index in [9.17, 15) is 9.59 Å². The first-order valence-corrected chi connectivity index (χ1v) is 13.0. The highest BCUT2D eigenvalue weighted by molar-refractivity contribution is 5.73. The van der Waals surface area contributed by atoms with E-state index in [0.717, 1.165) is 16.7 Å². The SMILES string of the molecule is CC(=O)N[C@H]1C=C[C@](COCc2ccccc2)(OC(C)=O)[C@@H](OCc2ccccc2)[C@@H]1OCc1ccccc1. The minimum Gasteiger partial charge on any atom is -0.450 e. The van der Waals surface area contributed by atoms with E-state index in [2.05, 4.69) is 5.32 Å². The normalized spacial score (nSPS) is 22.3. The van der Waals surface area contributed by atoms with Crippen LogP contribution in [0.1, 0.15) is 30.5 Å². The van der Waals surface area contributed by atoms with Gasteiger partial charge in [-0.3, -0.25) is 9.59 Å². The largest absolute Gasteiger partial charge is 0.450 e. The lowest BCUT2D eigenvalue weighted by molar-refractivity contribution is -0.208. The molecule has 0 bridgehead atoms. The zero-order valence-corrected chi connectivity index (χ0v) is 22.3. The van der Waals surface area contributed by atoms with Crippen molar-refractivity contribution in [2.24, 2.45) is 0 Å².